The average molecular weight is 271 g/mol. The summed E-state index contributed by atoms with van der Waals surface area (Å²) in [5, 5.41) is 8.36. The van der Waals surface area contributed by atoms with E-state index < -0.39 is 0 Å². The summed E-state index contributed by atoms with van der Waals surface area (Å²) in [4.78, 5) is 0. The van der Waals surface area contributed by atoms with Gasteiger partial charge < -0.3 is 15.2 Å². The Morgan fingerprint density at radius 3 is 2.65 bits per heavy atom. The maximum absolute atomic E-state index is 3.45. The predicted molar refractivity (Wildman–Crippen MR) is 85.1 cm³/mol. The highest BCUT2D eigenvalue weighted by atomic mass is 15.0. The van der Waals surface area contributed by atoms with Crippen LogP contribution in [0.4, 0.5) is 0 Å². The van der Waals surface area contributed by atoms with Crippen molar-refractivity contribution in [1.82, 2.24) is 15.2 Å². The van der Waals surface area contributed by atoms with Gasteiger partial charge in [0, 0.05) is 36.2 Å². The van der Waals surface area contributed by atoms with E-state index in [2.05, 4.69) is 48.1 Å². The minimum absolute atomic E-state index is 1.02. The third-order valence-electron chi connectivity index (χ3n) is 4.52. The van der Waals surface area contributed by atoms with Gasteiger partial charge in [-0.3, -0.25) is 0 Å². The van der Waals surface area contributed by atoms with Gasteiger partial charge in [-0.2, -0.15) is 0 Å². The maximum atomic E-state index is 3.45. The third-order valence-corrected chi connectivity index (χ3v) is 4.52. The molecule has 0 bridgehead atoms. The Balaban J connectivity index is 2.10. The van der Waals surface area contributed by atoms with Crippen molar-refractivity contribution in [2.75, 3.05) is 13.1 Å². The second kappa shape index (κ2) is 5.58. The Labute approximate surface area is 121 Å². The highest BCUT2D eigenvalue weighted by Gasteiger charge is 2.17. The maximum Gasteiger partial charge on any atom is 0.0488 e. The normalized spacial score (nSPS) is 14.2. The third kappa shape index (κ3) is 2.15. The van der Waals surface area contributed by atoms with Crippen LogP contribution in [0.15, 0.2) is 12.1 Å². The summed E-state index contributed by atoms with van der Waals surface area (Å²) in [7, 11) is 0. The van der Waals surface area contributed by atoms with Gasteiger partial charge >= 0.3 is 0 Å². The van der Waals surface area contributed by atoms with Crippen LogP contribution in [0.5, 0.6) is 0 Å². The van der Waals surface area contributed by atoms with Gasteiger partial charge in [-0.25, -0.2) is 0 Å². The van der Waals surface area contributed by atoms with E-state index in [1.165, 1.54) is 33.3 Å². The fourth-order valence-corrected chi connectivity index (χ4v) is 3.45. The Morgan fingerprint density at radius 2 is 1.95 bits per heavy atom. The van der Waals surface area contributed by atoms with Gasteiger partial charge in [0.05, 0.1) is 0 Å². The number of likely N-dealkylation sites (N-methyl/N-ethyl adjacent to an activating group) is 1. The first-order chi connectivity index (χ1) is 9.76. The Bertz CT molecular complexity index is 625. The van der Waals surface area contributed by atoms with Crippen LogP contribution >= 0.6 is 0 Å². The van der Waals surface area contributed by atoms with Gasteiger partial charge in [0.15, 0.2) is 0 Å². The number of rotatable bonds is 5. The molecule has 0 spiro atoms. The van der Waals surface area contributed by atoms with E-state index in [1.54, 1.807) is 0 Å². The summed E-state index contributed by atoms with van der Waals surface area (Å²) >= 11 is 0. The van der Waals surface area contributed by atoms with Crippen molar-refractivity contribution in [2.45, 2.75) is 46.8 Å². The second-order valence-electron chi connectivity index (χ2n) is 5.65. The minimum Gasteiger partial charge on any atom is -0.345 e. The molecule has 2 N–H and O–H groups in total. The lowest BCUT2D eigenvalue weighted by Gasteiger charge is -2.05. The van der Waals surface area contributed by atoms with Gasteiger partial charge in [-0.1, -0.05) is 6.92 Å². The monoisotopic (exact) mass is 271 g/mol. The van der Waals surface area contributed by atoms with Crippen molar-refractivity contribution >= 4 is 10.9 Å². The number of aromatic nitrogens is 1. The Hall–Kier alpha value is -1.32. The molecule has 0 radical (unpaired) electrons. The van der Waals surface area contributed by atoms with Gasteiger partial charge in [0.2, 0.25) is 0 Å². The van der Waals surface area contributed by atoms with E-state index >= 15 is 0 Å². The Morgan fingerprint density at radius 1 is 1.20 bits per heavy atom. The topological polar surface area (TPSA) is 29.0 Å². The molecule has 0 saturated heterocycles. The van der Waals surface area contributed by atoms with Crippen LogP contribution in [0, 0.1) is 6.92 Å². The van der Waals surface area contributed by atoms with E-state index in [0.29, 0.717) is 0 Å². The zero-order chi connectivity index (χ0) is 14.1. The molecule has 3 rings (SSSR count). The van der Waals surface area contributed by atoms with E-state index in [1.807, 2.05) is 0 Å². The molecule has 1 aliphatic rings. The Kier molecular flexibility index (Phi) is 3.81. The quantitative estimate of drug-likeness (QED) is 0.819. The number of benzene rings is 1. The van der Waals surface area contributed by atoms with Crippen molar-refractivity contribution in [3.63, 3.8) is 0 Å². The highest BCUT2D eigenvalue weighted by molar-refractivity contribution is 5.87. The number of nitrogens with one attached hydrogen (secondary N) is 2. The molecule has 0 saturated carbocycles. The molecular weight excluding hydrogens is 246 g/mol. The molecule has 3 nitrogen and oxygen atoms in total. The number of hydrogen-bond donors (Lipinski definition) is 2. The van der Waals surface area contributed by atoms with Crippen molar-refractivity contribution in [1.29, 1.82) is 0 Å². The summed E-state index contributed by atoms with van der Waals surface area (Å²) in [5.74, 6) is 0. The van der Waals surface area contributed by atoms with Crippen molar-refractivity contribution < 1.29 is 0 Å². The highest BCUT2D eigenvalue weighted by Crippen LogP contribution is 2.30. The molecule has 1 aromatic heterocycles. The van der Waals surface area contributed by atoms with E-state index in [9.17, 15) is 0 Å². The number of hydrogen-bond acceptors (Lipinski definition) is 2. The van der Waals surface area contributed by atoms with Gasteiger partial charge in [-0.05, 0) is 62.2 Å². The number of fused-ring (bicyclic) bond motifs is 2. The summed E-state index contributed by atoms with van der Waals surface area (Å²) in [5.41, 5.74) is 7.34. The molecule has 0 unspecified atom stereocenters. The SMILES string of the molecule is CCNCCc1c(C)n(CC)c2cc3c(cc12)CNC3. The lowest BCUT2D eigenvalue weighted by atomic mass is 10.0. The molecule has 20 heavy (non-hydrogen) atoms. The molecule has 0 aliphatic carbocycles. The van der Waals surface area contributed by atoms with Crippen molar-refractivity contribution in [3.05, 3.63) is 34.5 Å². The summed E-state index contributed by atoms with van der Waals surface area (Å²) < 4.78 is 2.47. The first kappa shape index (κ1) is 13.7. The molecular formula is C17H25N3. The van der Waals surface area contributed by atoms with Crippen molar-refractivity contribution in [3.8, 4) is 0 Å². The van der Waals surface area contributed by atoms with Crippen LogP contribution in [-0.4, -0.2) is 17.7 Å². The van der Waals surface area contributed by atoms with Crippen LogP contribution < -0.4 is 10.6 Å². The zero-order valence-electron chi connectivity index (χ0n) is 12.8. The van der Waals surface area contributed by atoms with Crippen LogP contribution in [0.3, 0.4) is 0 Å². The van der Waals surface area contributed by atoms with Crippen molar-refractivity contribution in [2.24, 2.45) is 0 Å². The summed E-state index contributed by atoms with van der Waals surface area (Å²) in [6.45, 7) is 11.9. The number of nitrogens with zero attached hydrogens (tertiary/aromatic N) is 1. The van der Waals surface area contributed by atoms with Crippen LogP contribution in [0.1, 0.15) is 36.2 Å². The first-order valence-corrected chi connectivity index (χ1v) is 7.81. The van der Waals surface area contributed by atoms with Crippen LogP contribution in [0.25, 0.3) is 10.9 Å². The molecule has 108 valence electrons. The smallest absolute Gasteiger partial charge is 0.0488 e. The fourth-order valence-electron chi connectivity index (χ4n) is 3.45. The lowest BCUT2D eigenvalue weighted by molar-refractivity contribution is 0.707. The van der Waals surface area contributed by atoms with E-state index in [0.717, 1.165) is 39.1 Å². The summed E-state index contributed by atoms with van der Waals surface area (Å²) in [6.07, 6.45) is 1.12. The van der Waals surface area contributed by atoms with Gasteiger partial charge in [0.25, 0.3) is 0 Å². The van der Waals surface area contributed by atoms with E-state index in [4.69, 9.17) is 0 Å². The molecule has 3 heteroatoms. The first-order valence-electron chi connectivity index (χ1n) is 7.81. The predicted octanol–water partition coefficient (Wildman–Crippen LogP) is 2.72. The van der Waals surface area contributed by atoms with Gasteiger partial charge in [0.1, 0.15) is 0 Å². The number of aryl methyl sites for hydroxylation is 1. The lowest BCUT2D eigenvalue weighted by Crippen LogP contribution is -2.16. The molecule has 0 fully saturated rings. The summed E-state index contributed by atoms with van der Waals surface area (Å²) in [6, 6.07) is 4.82. The van der Waals surface area contributed by atoms with Crippen LogP contribution in [0.2, 0.25) is 0 Å². The standard InChI is InChI=1S/C17H25N3/c1-4-18-7-6-15-12(3)20(5-2)17-9-14-11-19-10-13(14)8-16(15)17/h8-9,18-19H,4-7,10-11H2,1-3H3. The molecule has 2 aromatic rings. The largest absolute Gasteiger partial charge is 0.345 e. The van der Waals surface area contributed by atoms with E-state index in [-0.39, 0.29) is 0 Å². The second-order valence-corrected chi connectivity index (χ2v) is 5.65. The molecule has 0 atom stereocenters. The molecule has 0 amide bonds. The van der Waals surface area contributed by atoms with Crippen LogP contribution in [-0.2, 0) is 26.1 Å². The fraction of sp³-hybridized carbons (Fsp3) is 0.529. The van der Waals surface area contributed by atoms with Gasteiger partial charge in [-0.15, -0.1) is 0 Å². The molecule has 1 aromatic carbocycles. The molecule has 1 aliphatic heterocycles. The molecule has 2 heterocycles. The zero-order valence-corrected chi connectivity index (χ0v) is 12.8. The minimum atomic E-state index is 1.02. The average Bonchev–Trinajstić information content (AvgIpc) is 2.99.